The van der Waals surface area contributed by atoms with Crippen LogP contribution >= 0.6 is 0 Å². The average Bonchev–Trinajstić information content (AvgIpc) is 2.45. The lowest BCUT2D eigenvalue weighted by atomic mass is 10.1. The molecule has 0 saturated heterocycles. The number of nitrogens with one attached hydrogen (secondary N) is 2. The van der Waals surface area contributed by atoms with Crippen LogP contribution in [-0.4, -0.2) is 49.1 Å². The number of carboxylic acids is 1. The zero-order valence-electron chi connectivity index (χ0n) is 14.3. The Morgan fingerprint density at radius 3 is 1.96 bits per heavy atom. The number of amides is 2. The number of ether oxygens (including phenoxy) is 2. The summed E-state index contributed by atoms with van der Waals surface area (Å²) in [5.41, 5.74) is 0. The molecule has 0 rings (SSSR count). The van der Waals surface area contributed by atoms with Gasteiger partial charge in [-0.15, -0.1) is 0 Å². The molecular formula is C15H28N2O6. The van der Waals surface area contributed by atoms with E-state index >= 15 is 0 Å². The number of hydrogen-bond acceptors (Lipinski definition) is 5. The molecule has 0 saturated carbocycles. The molecule has 0 aliphatic heterocycles. The zero-order valence-corrected chi connectivity index (χ0v) is 14.3. The zero-order chi connectivity index (χ0) is 17.8. The van der Waals surface area contributed by atoms with Gasteiger partial charge in [0, 0.05) is 13.0 Å². The van der Waals surface area contributed by atoms with E-state index in [-0.39, 0.29) is 44.4 Å². The molecule has 0 aliphatic rings. The smallest absolute Gasteiger partial charge is 0.407 e. The van der Waals surface area contributed by atoms with Crippen LogP contribution in [-0.2, 0) is 14.3 Å². The third-order valence-electron chi connectivity index (χ3n) is 2.62. The summed E-state index contributed by atoms with van der Waals surface area (Å²) in [4.78, 5) is 33.8. The molecular weight excluding hydrogens is 304 g/mol. The Morgan fingerprint density at radius 1 is 0.957 bits per heavy atom. The van der Waals surface area contributed by atoms with Crippen LogP contribution in [0, 0.1) is 11.8 Å². The summed E-state index contributed by atoms with van der Waals surface area (Å²) in [6, 6.07) is -0.544. The summed E-state index contributed by atoms with van der Waals surface area (Å²) >= 11 is 0. The second-order valence-corrected chi connectivity index (χ2v) is 6.14. The van der Waals surface area contributed by atoms with Crippen molar-refractivity contribution in [3.05, 3.63) is 0 Å². The second-order valence-electron chi connectivity index (χ2n) is 6.14. The number of carbonyl (C=O) groups excluding carboxylic acids is 2. The molecule has 134 valence electrons. The number of rotatable bonds is 10. The van der Waals surface area contributed by atoms with Crippen LogP contribution in [0.3, 0.4) is 0 Å². The molecule has 2 amide bonds. The molecule has 0 aromatic heterocycles. The van der Waals surface area contributed by atoms with E-state index in [1.54, 1.807) is 0 Å². The first-order chi connectivity index (χ1) is 10.7. The summed E-state index contributed by atoms with van der Waals surface area (Å²) in [5.74, 6) is -0.565. The van der Waals surface area contributed by atoms with Crippen LogP contribution in [0.1, 0.15) is 40.5 Å². The maximum Gasteiger partial charge on any atom is 0.407 e. The summed E-state index contributed by atoms with van der Waals surface area (Å²) in [5, 5.41) is 13.8. The molecule has 0 heterocycles. The molecule has 0 radical (unpaired) electrons. The van der Waals surface area contributed by atoms with Gasteiger partial charge >= 0.3 is 18.2 Å². The molecule has 8 nitrogen and oxygen atoms in total. The first-order valence-electron chi connectivity index (χ1n) is 7.76. The minimum Gasteiger partial charge on any atom is -0.481 e. The lowest BCUT2D eigenvalue weighted by Crippen LogP contribution is -2.44. The topological polar surface area (TPSA) is 114 Å². The van der Waals surface area contributed by atoms with Crippen LogP contribution in [0.2, 0.25) is 0 Å². The van der Waals surface area contributed by atoms with Crippen molar-refractivity contribution in [2.24, 2.45) is 11.8 Å². The van der Waals surface area contributed by atoms with E-state index < -0.39 is 24.2 Å². The fourth-order valence-electron chi connectivity index (χ4n) is 1.47. The van der Waals surface area contributed by atoms with Gasteiger partial charge in [-0.05, 0) is 18.3 Å². The fraction of sp³-hybridized carbons (Fsp3) is 0.800. The molecule has 3 N–H and O–H groups in total. The van der Waals surface area contributed by atoms with Crippen molar-refractivity contribution in [3.63, 3.8) is 0 Å². The highest BCUT2D eigenvalue weighted by Crippen LogP contribution is 2.00. The maximum absolute atomic E-state index is 11.6. The number of aliphatic carboxylic acids is 1. The molecule has 8 heteroatoms. The van der Waals surface area contributed by atoms with Gasteiger partial charge in [0.05, 0.1) is 19.3 Å². The Kier molecular flexibility index (Phi) is 10.6. The maximum atomic E-state index is 11.6. The van der Waals surface area contributed by atoms with E-state index in [0.29, 0.717) is 0 Å². The highest BCUT2D eigenvalue weighted by molar-refractivity contribution is 5.69. The SMILES string of the molecule is CC(C)COC(=O)NC[C@H](CCC(=O)O)NC(=O)OCC(C)C. The Hall–Kier alpha value is -1.99. The molecule has 0 bridgehead atoms. The lowest BCUT2D eigenvalue weighted by Gasteiger charge is -2.19. The normalized spacial score (nSPS) is 11.9. The van der Waals surface area contributed by atoms with Gasteiger partial charge in [-0.2, -0.15) is 0 Å². The van der Waals surface area contributed by atoms with Gasteiger partial charge in [-0.1, -0.05) is 27.7 Å². The minimum absolute atomic E-state index is 0.0704. The van der Waals surface area contributed by atoms with Gasteiger partial charge in [0.25, 0.3) is 0 Å². The van der Waals surface area contributed by atoms with Crippen molar-refractivity contribution in [3.8, 4) is 0 Å². The third kappa shape index (κ3) is 13.4. The van der Waals surface area contributed by atoms with Crippen molar-refractivity contribution in [2.45, 2.75) is 46.6 Å². The van der Waals surface area contributed by atoms with Crippen LogP contribution < -0.4 is 10.6 Å². The van der Waals surface area contributed by atoms with Crippen molar-refractivity contribution in [1.29, 1.82) is 0 Å². The lowest BCUT2D eigenvalue weighted by molar-refractivity contribution is -0.137. The predicted molar refractivity (Wildman–Crippen MR) is 84.2 cm³/mol. The molecule has 0 spiro atoms. The van der Waals surface area contributed by atoms with Crippen molar-refractivity contribution < 1.29 is 29.0 Å². The number of hydrogen-bond donors (Lipinski definition) is 3. The molecule has 23 heavy (non-hydrogen) atoms. The number of carbonyl (C=O) groups is 3. The van der Waals surface area contributed by atoms with Crippen LogP contribution in [0.25, 0.3) is 0 Å². The monoisotopic (exact) mass is 332 g/mol. The molecule has 0 aliphatic carbocycles. The van der Waals surface area contributed by atoms with Crippen molar-refractivity contribution in [2.75, 3.05) is 19.8 Å². The van der Waals surface area contributed by atoms with Gasteiger partial charge < -0.3 is 25.2 Å². The Morgan fingerprint density at radius 2 is 1.48 bits per heavy atom. The van der Waals surface area contributed by atoms with E-state index in [1.807, 2.05) is 27.7 Å². The standard InChI is InChI=1S/C15H28N2O6/c1-10(2)8-22-14(20)16-7-12(5-6-13(18)19)17-15(21)23-9-11(3)4/h10-12H,5-9H2,1-4H3,(H,16,20)(H,17,21)(H,18,19)/t12-/m0/s1. The predicted octanol–water partition coefficient (Wildman–Crippen LogP) is 1.98. The Bertz CT molecular complexity index is 384. The fourth-order valence-corrected chi connectivity index (χ4v) is 1.47. The molecule has 1 atom stereocenters. The summed E-state index contributed by atoms with van der Waals surface area (Å²) in [6.45, 7) is 8.26. The van der Waals surface area contributed by atoms with Gasteiger partial charge in [0.15, 0.2) is 0 Å². The van der Waals surface area contributed by atoms with Gasteiger partial charge in [0.1, 0.15) is 0 Å². The highest BCUT2D eigenvalue weighted by atomic mass is 16.6. The molecule has 0 aromatic carbocycles. The molecule has 0 unspecified atom stereocenters. The summed E-state index contributed by atoms with van der Waals surface area (Å²) in [6.07, 6.45) is -1.18. The van der Waals surface area contributed by atoms with Crippen molar-refractivity contribution in [1.82, 2.24) is 10.6 Å². The van der Waals surface area contributed by atoms with Crippen LogP contribution in [0.5, 0.6) is 0 Å². The van der Waals surface area contributed by atoms with E-state index in [0.717, 1.165) is 0 Å². The van der Waals surface area contributed by atoms with Crippen LogP contribution in [0.4, 0.5) is 9.59 Å². The first kappa shape index (κ1) is 21.0. The third-order valence-corrected chi connectivity index (χ3v) is 2.62. The summed E-state index contributed by atoms with van der Waals surface area (Å²) in [7, 11) is 0. The van der Waals surface area contributed by atoms with E-state index in [2.05, 4.69) is 10.6 Å². The first-order valence-corrected chi connectivity index (χ1v) is 7.76. The van der Waals surface area contributed by atoms with Gasteiger partial charge in [-0.25, -0.2) is 9.59 Å². The quantitative estimate of drug-likeness (QED) is 0.563. The average molecular weight is 332 g/mol. The van der Waals surface area contributed by atoms with E-state index in [9.17, 15) is 14.4 Å². The largest absolute Gasteiger partial charge is 0.481 e. The summed E-state index contributed by atoms with van der Waals surface area (Å²) < 4.78 is 9.94. The molecule has 0 aromatic rings. The van der Waals surface area contributed by atoms with Crippen molar-refractivity contribution >= 4 is 18.2 Å². The second kappa shape index (κ2) is 11.6. The minimum atomic E-state index is -0.977. The number of carboxylic acid groups (broad SMARTS) is 1. The molecule has 0 fully saturated rings. The van der Waals surface area contributed by atoms with Gasteiger partial charge in [-0.3, -0.25) is 4.79 Å². The van der Waals surface area contributed by atoms with E-state index in [4.69, 9.17) is 14.6 Å². The Balaban J connectivity index is 4.30. The van der Waals surface area contributed by atoms with Gasteiger partial charge in [0.2, 0.25) is 0 Å². The Labute approximate surface area is 136 Å². The van der Waals surface area contributed by atoms with E-state index in [1.165, 1.54) is 0 Å². The highest BCUT2D eigenvalue weighted by Gasteiger charge is 2.16. The number of alkyl carbamates (subject to hydrolysis) is 2. The van der Waals surface area contributed by atoms with Crippen LogP contribution in [0.15, 0.2) is 0 Å².